The van der Waals surface area contributed by atoms with E-state index in [-0.39, 0.29) is 0 Å². The molecule has 0 aliphatic heterocycles. The molecule has 0 atom stereocenters. The third-order valence-electron chi connectivity index (χ3n) is 1.46. The van der Waals surface area contributed by atoms with Gasteiger partial charge in [-0.05, 0) is 19.9 Å². The minimum atomic E-state index is -0.686. The first kappa shape index (κ1) is 10.1. The Kier molecular flexibility index (Phi) is 3.33. The summed E-state index contributed by atoms with van der Waals surface area (Å²) in [6.07, 6.45) is 3.40. The van der Waals surface area contributed by atoms with Crippen molar-refractivity contribution in [1.82, 2.24) is 15.3 Å². The molecule has 0 saturated heterocycles. The Hall–Kier alpha value is -1.00. The number of hydrogen-bond acceptors (Lipinski definition) is 4. The molecule has 4 nitrogen and oxygen atoms in total. The minimum Gasteiger partial charge on any atom is -0.389 e. The first-order valence-electron chi connectivity index (χ1n) is 4.27. The summed E-state index contributed by atoms with van der Waals surface area (Å²) in [5.41, 5.74) is -0.686. The summed E-state index contributed by atoms with van der Waals surface area (Å²) in [6, 6.07) is 1.78. The van der Waals surface area contributed by atoms with Gasteiger partial charge in [-0.2, -0.15) is 0 Å². The Balaban J connectivity index is 2.29. The number of aliphatic hydroxyl groups is 1. The van der Waals surface area contributed by atoms with Gasteiger partial charge in [0.25, 0.3) is 0 Å². The molecule has 2 N–H and O–H groups in total. The molecule has 0 aromatic carbocycles. The molecule has 13 heavy (non-hydrogen) atoms. The number of aromatic nitrogens is 2. The quantitative estimate of drug-likeness (QED) is 0.703. The third kappa shape index (κ3) is 4.55. The van der Waals surface area contributed by atoms with Gasteiger partial charge in [-0.3, -0.25) is 0 Å². The maximum Gasteiger partial charge on any atom is 0.141 e. The summed E-state index contributed by atoms with van der Waals surface area (Å²) in [4.78, 5) is 8.09. The van der Waals surface area contributed by atoms with Crippen LogP contribution in [0.25, 0.3) is 0 Å². The van der Waals surface area contributed by atoms with Crippen molar-refractivity contribution >= 4 is 0 Å². The van der Waals surface area contributed by atoms with Crippen molar-refractivity contribution in [3.63, 3.8) is 0 Å². The van der Waals surface area contributed by atoms with E-state index in [1.807, 2.05) is 0 Å². The van der Waals surface area contributed by atoms with E-state index in [0.29, 0.717) is 13.1 Å². The van der Waals surface area contributed by atoms with Crippen LogP contribution in [0.4, 0.5) is 0 Å². The average molecular weight is 181 g/mol. The third-order valence-corrected chi connectivity index (χ3v) is 1.46. The molecule has 0 unspecified atom stereocenters. The molecule has 1 rings (SSSR count). The Labute approximate surface area is 78.0 Å². The van der Waals surface area contributed by atoms with E-state index < -0.39 is 5.60 Å². The zero-order chi connectivity index (χ0) is 9.73. The molecular formula is C9H15N3O. The van der Waals surface area contributed by atoms with Crippen molar-refractivity contribution in [2.75, 3.05) is 6.54 Å². The molecule has 0 aliphatic carbocycles. The molecule has 0 saturated carbocycles. The maximum absolute atomic E-state index is 9.39. The highest BCUT2D eigenvalue weighted by molar-refractivity contribution is 4.88. The van der Waals surface area contributed by atoms with Gasteiger partial charge in [0.05, 0.1) is 12.1 Å². The molecule has 0 fully saturated rings. The minimum absolute atomic E-state index is 0.533. The lowest BCUT2D eigenvalue weighted by Crippen LogP contribution is -2.34. The Morgan fingerprint density at radius 3 is 2.54 bits per heavy atom. The smallest absolute Gasteiger partial charge is 0.141 e. The first-order chi connectivity index (χ1) is 6.08. The zero-order valence-corrected chi connectivity index (χ0v) is 7.99. The summed E-state index contributed by atoms with van der Waals surface area (Å²) in [5.74, 6) is 0.742. The van der Waals surface area contributed by atoms with Crippen LogP contribution in [0.5, 0.6) is 0 Å². The van der Waals surface area contributed by atoms with E-state index in [9.17, 15) is 5.11 Å². The van der Waals surface area contributed by atoms with Crippen LogP contribution in [-0.4, -0.2) is 27.2 Å². The van der Waals surface area contributed by atoms with Crippen LogP contribution in [0.3, 0.4) is 0 Å². The summed E-state index contributed by atoms with van der Waals surface area (Å²) in [6.45, 7) is 4.63. The van der Waals surface area contributed by atoms with Gasteiger partial charge in [-0.25, -0.2) is 9.97 Å². The molecule has 1 aromatic heterocycles. The van der Waals surface area contributed by atoms with Gasteiger partial charge in [-0.1, -0.05) is 0 Å². The van der Waals surface area contributed by atoms with Crippen LogP contribution in [0.1, 0.15) is 19.7 Å². The molecule has 0 aliphatic rings. The topological polar surface area (TPSA) is 58.0 Å². The molecule has 0 amide bonds. The van der Waals surface area contributed by atoms with E-state index in [1.165, 1.54) is 0 Å². The lowest BCUT2D eigenvalue weighted by atomic mass is 10.1. The van der Waals surface area contributed by atoms with Crippen molar-refractivity contribution in [1.29, 1.82) is 0 Å². The van der Waals surface area contributed by atoms with Crippen molar-refractivity contribution < 1.29 is 5.11 Å². The second-order valence-corrected chi connectivity index (χ2v) is 3.58. The van der Waals surface area contributed by atoms with E-state index in [0.717, 1.165) is 5.82 Å². The Morgan fingerprint density at radius 1 is 1.38 bits per heavy atom. The van der Waals surface area contributed by atoms with Gasteiger partial charge in [0.15, 0.2) is 0 Å². The van der Waals surface area contributed by atoms with Crippen LogP contribution >= 0.6 is 0 Å². The monoisotopic (exact) mass is 181 g/mol. The van der Waals surface area contributed by atoms with Gasteiger partial charge < -0.3 is 10.4 Å². The maximum atomic E-state index is 9.39. The van der Waals surface area contributed by atoms with Crippen molar-refractivity contribution in [3.05, 3.63) is 24.3 Å². The number of rotatable bonds is 4. The summed E-state index contributed by atoms with van der Waals surface area (Å²) in [5, 5.41) is 12.5. The van der Waals surface area contributed by atoms with Crippen LogP contribution < -0.4 is 5.32 Å². The van der Waals surface area contributed by atoms with Gasteiger partial charge in [0.2, 0.25) is 0 Å². The second kappa shape index (κ2) is 4.30. The lowest BCUT2D eigenvalue weighted by molar-refractivity contribution is 0.0793. The highest BCUT2D eigenvalue weighted by Crippen LogP contribution is 1.97. The Morgan fingerprint density at radius 2 is 2.00 bits per heavy atom. The first-order valence-corrected chi connectivity index (χ1v) is 4.27. The molecule has 0 spiro atoms. The van der Waals surface area contributed by atoms with Gasteiger partial charge in [-0.15, -0.1) is 0 Å². The second-order valence-electron chi connectivity index (χ2n) is 3.58. The Bertz CT molecular complexity index is 243. The molecule has 4 heteroatoms. The highest BCUT2D eigenvalue weighted by atomic mass is 16.3. The fourth-order valence-electron chi connectivity index (χ4n) is 0.901. The normalized spacial score (nSPS) is 11.6. The van der Waals surface area contributed by atoms with E-state index >= 15 is 0 Å². The summed E-state index contributed by atoms with van der Waals surface area (Å²) < 4.78 is 0. The predicted molar refractivity (Wildman–Crippen MR) is 50.0 cm³/mol. The molecule has 1 heterocycles. The van der Waals surface area contributed by atoms with Crippen molar-refractivity contribution in [2.24, 2.45) is 0 Å². The standard InChI is InChI=1S/C9H15N3O/c1-9(2,13)7-10-6-8-11-4-3-5-12-8/h3-5,10,13H,6-7H2,1-2H3. The number of nitrogens with one attached hydrogen (secondary N) is 1. The average Bonchev–Trinajstić information content (AvgIpc) is 2.04. The molecule has 0 radical (unpaired) electrons. The number of nitrogens with zero attached hydrogens (tertiary/aromatic N) is 2. The van der Waals surface area contributed by atoms with Crippen molar-refractivity contribution in [3.8, 4) is 0 Å². The predicted octanol–water partition coefficient (Wildman–Crippen LogP) is 0.337. The molecule has 1 aromatic rings. The SMILES string of the molecule is CC(C)(O)CNCc1ncccn1. The van der Waals surface area contributed by atoms with E-state index in [1.54, 1.807) is 32.3 Å². The van der Waals surface area contributed by atoms with Gasteiger partial charge >= 0.3 is 0 Å². The lowest BCUT2D eigenvalue weighted by Gasteiger charge is -2.16. The fraction of sp³-hybridized carbons (Fsp3) is 0.556. The highest BCUT2D eigenvalue weighted by Gasteiger charge is 2.10. The largest absolute Gasteiger partial charge is 0.389 e. The molecule has 72 valence electrons. The molecular weight excluding hydrogens is 166 g/mol. The van der Waals surface area contributed by atoms with Gasteiger partial charge in [0.1, 0.15) is 5.82 Å². The number of hydrogen-bond donors (Lipinski definition) is 2. The summed E-state index contributed by atoms with van der Waals surface area (Å²) in [7, 11) is 0. The zero-order valence-electron chi connectivity index (χ0n) is 7.99. The fourth-order valence-corrected chi connectivity index (χ4v) is 0.901. The van der Waals surface area contributed by atoms with Crippen LogP contribution in [0, 0.1) is 0 Å². The van der Waals surface area contributed by atoms with E-state index in [4.69, 9.17) is 0 Å². The van der Waals surface area contributed by atoms with Gasteiger partial charge in [0, 0.05) is 18.9 Å². The van der Waals surface area contributed by atoms with Crippen LogP contribution in [-0.2, 0) is 6.54 Å². The summed E-state index contributed by atoms with van der Waals surface area (Å²) >= 11 is 0. The van der Waals surface area contributed by atoms with Crippen LogP contribution in [0.2, 0.25) is 0 Å². The van der Waals surface area contributed by atoms with Crippen LogP contribution in [0.15, 0.2) is 18.5 Å². The molecule has 0 bridgehead atoms. The van der Waals surface area contributed by atoms with E-state index in [2.05, 4.69) is 15.3 Å². The van der Waals surface area contributed by atoms with Crippen molar-refractivity contribution in [2.45, 2.75) is 26.0 Å².